The van der Waals surface area contributed by atoms with E-state index in [9.17, 15) is 22.8 Å². The van der Waals surface area contributed by atoms with Gasteiger partial charge < -0.3 is 20.4 Å². The number of hydrogen-bond donors (Lipinski definition) is 2. The second kappa shape index (κ2) is 7.91. The molecule has 2 aromatic heterocycles. The average Bonchev–Trinajstić information content (AvgIpc) is 3.15. The fourth-order valence-corrected chi connectivity index (χ4v) is 4.80. The van der Waals surface area contributed by atoms with Gasteiger partial charge in [-0.1, -0.05) is 13.8 Å². The molecule has 12 heteroatoms. The summed E-state index contributed by atoms with van der Waals surface area (Å²) in [7, 11) is 1.82. The highest BCUT2D eigenvalue weighted by Gasteiger charge is 2.38. The maximum Gasteiger partial charge on any atom is 0.425 e. The Hall–Kier alpha value is -2.89. The molecule has 0 unspecified atom stereocenters. The fraction of sp³-hybridized carbons (Fsp3) is 0.500. The third-order valence-corrected chi connectivity index (χ3v) is 6.69. The topological polar surface area (TPSA) is 90.5 Å². The number of alkyl halides is 3. The zero-order valence-electron chi connectivity index (χ0n) is 17.9. The van der Waals surface area contributed by atoms with Crippen LogP contribution in [0.2, 0.25) is 0 Å². The first-order chi connectivity index (χ1) is 15.0. The second-order valence-electron chi connectivity index (χ2n) is 8.33. The predicted octanol–water partition coefficient (Wildman–Crippen LogP) is 3.21. The number of halogens is 3. The summed E-state index contributed by atoms with van der Waals surface area (Å²) >= 11 is 0.450. The lowest BCUT2D eigenvalue weighted by Crippen LogP contribution is -2.57. The van der Waals surface area contributed by atoms with E-state index < -0.39 is 17.0 Å². The van der Waals surface area contributed by atoms with E-state index in [1.54, 1.807) is 6.92 Å². The lowest BCUT2D eigenvalue weighted by Gasteiger charge is -2.40. The van der Waals surface area contributed by atoms with E-state index in [4.69, 9.17) is 0 Å². The molecule has 0 aliphatic carbocycles. The van der Waals surface area contributed by atoms with Crippen molar-refractivity contribution in [2.45, 2.75) is 39.0 Å². The molecule has 2 N–H and O–H groups in total. The number of likely N-dealkylation sites (N-methyl/N-ethyl adjacent to an activating group) is 1. The van der Waals surface area contributed by atoms with Gasteiger partial charge in [-0.3, -0.25) is 9.59 Å². The monoisotopic (exact) mass is 468 g/mol. The first-order valence-corrected chi connectivity index (χ1v) is 10.9. The highest BCUT2D eigenvalue weighted by atomic mass is 32.1. The number of rotatable bonds is 4. The van der Waals surface area contributed by atoms with Gasteiger partial charge in [0.25, 0.3) is 5.91 Å². The fourth-order valence-electron chi connectivity index (χ4n) is 3.96. The molecular formula is C20H23F3N6O2S. The van der Waals surface area contributed by atoms with Crippen LogP contribution in [0.15, 0.2) is 12.1 Å². The van der Waals surface area contributed by atoms with Crippen LogP contribution in [0, 0.1) is 12.8 Å². The SMILES string of the molecule is Cc1nc(NC2CN(C(=O)c3ccc(C(F)(F)F)s3)C2)nc2c1NC(=O)[C@H](C(C)C)N2C. The number of amides is 2. The molecule has 0 aromatic carbocycles. The number of carbonyl (C=O) groups is 2. The van der Waals surface area contributed by atoms with Crippen LogP contribution in [0.1, 0.15) is 34.1 Å². The number of anilines is 3. The van der Waals surface area contributed by atoms with E-state index >= 15 is 0 Å². The van der Waals surface area contributed by atoms with Crippen LogP contribution in [-0.2, 0) is 11.0 Å². The summed E-state index contributed by atoms with van der Waals surface area (Å²) in [5.41, 5.74) is 1.19. The summed E-state index contributed by atoms with van der Waals surface area (Å²) in [6.07, 6.45) is -4.45. The molecule has 0 bridgehead atoms. The van der Waals surface area contributed by atoms with Gasteiger partial charge in [-0.05, 0) is 25.0 Å². The molecule has 0 saturated carbocycles. The molecule has 0 radical (unpaired) electrons. The van der Waals surface area contributed by atoms with Crippen molar-refractivity contribution < 1.29 is 22.8 Å². The summed E-state index contributed by atoms with van der Waals surface area (Å²) in [5, 5.41) is 6.06. The van der Waals surface area contributed by atoms with Gasteiger partial charge in [-0.15, -0.1) is 11.3 Å². The van der Waals surface area contributed by atoms with Crippen LogP contribution < -0.4 is 15.5 Å². The molecule has 32 heavy (non-hydrogen) atoms. The maximum atomic E-state index is 12.8. The molecule has 1 fully saturated rings. The van der Waals surface area contributed by atoms with Crippen molar-refractivity contribution in [3.63, 3.8) is 0 Å². The van der Waals surface area contributed by atoms with Crippen molar-refractivity contribution in [1.29, 1.82) is 0 Å². The van der Waals surface area contributed by atoms with Gasteiger partial charge in [0.15, 0.2) is 5.82 Å². The highest BCUT2D eigenvalue weighted by molar-refractivity contribution is 7.14. The predicted molar refractivity (Wildman–Crippen MR) is 115 cm³/mol. The third-order valence-electron chi connectivity index (χ3n) is 5.57. The van der Waals surface area contributed by atoms with E-state index in [0.29, 0.717) is 47.6 Å². The minimum Gasteiger partial charge on any atom is -0.348 e. The van der Waals surface area contributed by atoms with Gasteiger partial charge in [0, 0.05) is 20.1 Å². The largest absolute Gasteiger partial charge is 0.425 e. The second-order valence-corrected chi connectivity index (χ2v) is 9.42. The number of fused-ring (bicyclic) bond motifs is 1. The molecule has 2 aliphatic rings. The Kier molecular flexibility index (Phi) is 5.51. The molecule has 1 saturated heterocycles. The number of likely N-dealkylation sites (tertiary alicyclic amines) is 1. The van der Waals surface area contributed by atoms with Gasteiger partial charge in [0.2, 0.25) is 11.9 Å². The van der Waals surface area contributed by atoms with E-state index in [-0.39, 0.29) is 28.8 Å². The van der Waals surface area contributed by atoms with Crippen molar-refractivity contribution in [1.82, 2.24) is 14.9 Å². The smallest absolute Gasteiger partial charge is 0.348 e. The average molecular weight is 469 g/mol. The van der Waals surface area contributed by atoms with Gasteiger partial charge in [-0.25, -0.2) is 4.98 Å². The zero-order chi connectivity index (χ0) is 23.4. The van der Waals surface area contributed by atoms with Crippen molar-refractivity contribution in [2.75, 3.05) is 35.7 Å². The van der Waals surface area contributed by atoms with Crippen LogP contribution in [0.25, 0.3) is 0 Å². The standard InChI is InChI=1S/C20H23F3N6O2S/c1-9(2)15-17(30)26-14-10(3)24-19(27-16(14)28(15)4)25-11-7-29(8-11)18(31)12-5-6-13(32-12)20(21,22)23/h5-6,9,11,15H,7-8H2,1-4H3,(H,26,30)(H,24,25,27)/t15-/m0/s1. The van der Waals surface area contributed by atoms with Crippen LogP contribution in [0.3, 0.4) is 0 Å². The number of aromatic nitrogens is 2. The van der Waals surface area contributed by atoms with Gasteiger partial charge >= 0.3 is 6.18 Å². The number of carbonyl (C=O) groups excluding carboxylic acids is 2. The number of nitrogens with zero attached hydrogens (tertiary/aromatic N) is 4. The number of aryl methyl sites for hydroxylation is 1. The number of hydrogen-bond acceptors (Lipinski definition) is 7. The minimum atomic E-state index is -4.45. The lowest BCUT2D eigenvalue weighted by atomic mass is 9.99. The van der Waals surface area contributed by atoms with Gasteiger partial charge in [-0.2, -0.15) is 18.2 Å². The van der Waals surface area contributed by atoms with Crippen LogP contribution in [0.4, 0.5) is 30.6 Å². The molecule has 4 rings (SSSR count). The summed E-state index contributed by atoms with van der Waals surface area (Å²) in [4.78, 5) is 36.5. The summed E-state index contributed by atoms with van der Waals surface area (Å²) < 4.78 is 38.3. The quantitative estimate of drug-likeness (QED) is 0.716. The Labute approximate surface area is 186 Å². The first-order valence-electron chi connectivity index (χ1n) is 10.1. The third kappa shape index (κ3) is 3.98. The Morgan fingerprint density at radius 2 is 1.97 bits per heavy atom. The van der Waals surface area contributed by atoms with E-state index in [0.717, 1.165) is 6.07 Å². The number of thiophene rings is 1. The Bertz CT molecular complexity index is 1060. The first kappa shape index (κ1) is 22.3. The molecular weight excluding hydrogens is 445 g/mol. The highest BCUT2D eigenvalue weighted by Crippen LogP contribution is 2.36. The van der Waals surface area contributed by atoms with E-state index in [1.807, 2.05) is 25.8 Å². The Morgan fingerprint density at radius 3 is 2.56 bits per heavy atom. The Balaban J connectivity index is 1.42. The number of nitrogens with one attached hydrogen (secondary N) is 2. The molecule has 172 valence electrons. The van der Waals surface area contributed by atoms with Crippen LogP contribution in [0.5, 0.6) is 0 Å². The molecule has 2 aliphatic heterocycles. The zero-order valence-corrected chi connectivity index (χ0v) is 18.8. The minimum absolute atomic E-state index is 0.0637. The molecule has 2 aromatic rings. The van der Waals surface area contributed by atoms with E-state index in [1.165, 1.54) is 11.0 Å². The molecule has 1 atom stereocenters. The Morgan fingerprint density at radius 1 is 1.28 bits per heavy atom. The van der Waals surface area contributed by atoms with Crippen molar-refractivity contribution in [2.24, 2.45) is 5.92 Å². The lowest BCUT2D eigenvalue weighted by molar-refractivity contribution is -0.134. The molecule has 2 amide bonds. The van der Waals surface area contributed by atoms with Crippen LogP contribution in [-0.4, -0.2) is 58.9 Å². The summed E-state index contributed by atoms with van der Waals surface area (Å²) in [6.45, 7) is 6.37. The normalized spacial score (nSPS) is 19.0. The van der Waals surface area contributed by atoms with Gasteiger partial charge in [0.1, 0.15) is 16.6 Å². The maximum absolute atomic E-state index is 12.8. The molecule has 4 heterocycles. The van der Waals surface area contributed by atoms with Crippen molar-refractivity contribution >= 4 is 40.6 Å². The summed E-state index contributed by atoms with van der Waals surface area (Å²) in [5.74, 6) is 0.551. The van der Waals surface area contributed by atoms with Gasteiger partial charge in [0.05, 0.1) is 16.6 Å². The van der Waals surface area contributed by atoms with E-state index in [2.05, 4.69) is 20.6 Å². The summed E-state index contributed by atoms with van der Waals surface area (Å²) in [6, 6.07) is 1.66. The molecule has 8 nitrogen and oxygen atoms in total. The molecule has 0 spiro atoms. The van der Waals surface area contributed by atoms with Crippen LogP contribution >= 0.6 is 11.3 Å². The van der Waals surface area contributed by atoms with Crippen molar-refractivity contribution in [3.05, 3.63) is 27.6 Å². The van der Waals surface area contributed by atoms with Crippen molar-refractivity contribution in [3.8, 4) is 0 Å².